The van der Waals surface area contributed by atoms with E-state index < -0.39 is 12.1 Å². The molecule has 1 aliphatic heterocycles. The predicted octanol–water partition coefficient (Wildman–Crippen LogP) is 4.37. The molecule has 1 atom stereocenters. The molecule has 1 aromatic carbocycles. The summed E-state index contributed by atoms with van der Waals surface area (Å²) in [4.78, 5) is 30.9. The highest BCUT2D eigenvalue weighted by atomic mass is 32.2. The van der Waals surface area contributed by atoms with Crippen molar-refractivity contribution in [2.24, 2.45) is 4.99 Å². The molecule has 1 aliphatic rings. The second-order valence-corrected chi connectivity index (χ2v) is 9.08. The molecule has 1 amide bonds. The number of aliphatic carboxylic acids is 1. The van der Waals surface area contributed by atoms with Crippen molar-refractivity contribution >= 4 is 51.4 Å². The maximum atomic E-state index is 13.1. The molecule has 1 aromatic heterocycles. The molecule has 2 heterocycles. The maximum absolute atomic E-state index is 13.1. The molecule has 1 N–H and O–H groups in total. The van der Waals surface area contributed by atoms with Crippen LogP contribution in [-0.4, -0.2) is 56.5 Å². The smallest absolute Gasteiger partial charge is 0.344 e. The lowest BCUT2D eigenvalue weighted by Crippen LogP contribution is -2.29. The SMILES string of the molecule is CCCN1C(=O)/C(=C\c2ccc(OC(C)C(=O)O)c(OCC)c2)S/C1=N/c1nnc(CC)s1. The summed E-state index contributed by atoms with van der Waals surface area (Å²) in [6, 6.07) is 5.13. The van der Waals surface area contributed by atoms with Crippen LogP contribution in [0, 0.1) is 0 Å². The lowest BCUT2D eigenvalue weighted by Gasteiger charge is -2.15. The van der Waals surface area contributed by atoms with Crippen LogP contribution in [0.4, 0.5) is 5.13 Å². The van der Waals surface area contributed by atoms with E-state index in [9.17, 15) is 9.59 Å². The van der Waals surface area contributed by atoms with Crippen LogP contribution in [0.2, 0.25) is 0 Å². The van der Waals surface area contributed by atoms with E-state index in [1.165, 1.54) is 30.0 Å². The van der Waals surface area contributed by atoms with Gasteiger partial charge in [-0.3, -0.25) is 9.69 Å². The van der Waals surface area contributed by atoms with Gasteiger partial charge in [0, 0.05) is 6.54 Å². The predicted molar refractivity (Wildman–Crippen MR) is 129 cm³/mol. The minimum absolute atomic E-state index is 0.126. The van der Waals surface area contributed by atoms with Crippen molar-refractivity contribution in [1.82, 2.24) is 15.1 Å². The van der Waals surface area contributed by atoms with E-state index in [4.69, 9.17) is 14.6 Å². The summed E-state index contributed by atoms with van der Waals surface area (Å²) >= 11 is 2.70. The van der Waals surface area contributed by atoms with Crippen molar-refractivity contribution in [2.45, 2.75) is 46.6 Å². The van der Waals surface area contributed by atoms with Crippen LogP contribution in [0.5, 0.6) is 11.5 Å². The molecule has 176 valence electrons. The number of amides is 1. The molecule has 2 aromatic rings. The lowest BCUT2D eigenvalue weighted by molar-refractivity contribution is -0.144. The third kappa shape index (κ3) is 6.11. The number of benzene rings is 1. The van der Waals surface area contributed by atoms with Gasteiger partial charge in [0.05, 0.1) is 11.5 Å². The monoisotopic (exact) mass is 490 g/mol. The standard InChI is InChI=1S/C22H26N4O5S2/c1-5-10-26-19(27)17(32-22(26)23-21-25-24-18(6-2)33-21)12-14-8-9-15(16(11-14)30-7-3)31-13(4)20(28)29/h8-9,11-13H,5-7,10H2,1-4H3,(H,28,29)/b17-12+,23-22+. The molecule has 0 spiro atoms. The highest BCUT2D eigenvalue weighted by Crippen LogP contribution is 2.36. The highest BCUT2D eigenvalue weighted by molar-refractivity contribution is 8.18. The largest absolute Gasteiger partial charge is 0.490 e. The molecule has 1 unspecified atom stereocenters. The van der Waals surface area contributed by atoms with E-state index in [1.54, 1.807) is 29.2 Å². The zero-order chi connectivity index (χ0) is 24.0. The minimum Gasteiger partial charge on any atom is -0.490 e. The van der Waals surface area contributed by atoms with Crippen LogP contribution in [0.3, 0.4) is 0 Å². The molecule has 33 heavy (non-hydrogen) atoms. The Labute approximate surface area is 200 Å². The number of carbonyl (C=O) groups excluding carboxylic acids is 1. The summed E-state index contributed by atoms with van der Waals surface area (Å²) in [5.74, 6) is -0.452. The molecule has 0 bridgehead atoms. The molecule has 0 saturated carbocycles. The van der Waals surface area contributed by atoms with Crippen LogP contribution >= 0.6 is 23.1 Å². The van der Waals surface area contributed by atoms with Crippen molar-refractivity contribution in [2.75, 3.05) is 13.2 Å². The summed E-state index contributed by atoms with van der Waals surface area (Å²) in [5.41, 5.74) is 0.728. The topological polar surface area (TPSA) is 114 Å². The van der Waals surface area contributed by atoms with Crippen molar-refractivity contribution in [3.8, 4) is 11.5 Å². The summed E-state index contributed by atoms with van der Waals surface area (Å²) in [6.07, 6.45) is 2.32. The maximum Gasteiger partial charge on any atom is 0.344 e. The van der Waals surface area contributed by atoms with Crippen LogP contribution < -0.4 is 9.47 Å². The Hall–Kier alpha value is -2.92. The van der Waals surface area contributed by atoms with Crippen molar-refractivity contribution in [3.05, 3.63) is 33.7 Å². The Morgan fingerprint density at radius 1 is 1.27 bits per heavy atom. The Kier molecular flexibility index (Phi) is 8.45. The average Bonchev–Trinajstić information content (AvgIpc) is 3.36. The highest BCUT2D eigenvalue weighted by Gasteiger charge is 2.33. The second-order valence-electron chi connectivity index (χ2n) is 7.03. The van der Waals surface area contributed by atoms with Crippen LogP contribution in [0.25, 0.3) is 6.08 Å². The van der Waals surface area contributed by atoms with Gasteiger partial charge in [0.2, 0.25) is 5.13 Å². The zero-order valence-corrected chi connectivity index (χ0v) is 20.5. The number of rotatable bonds is 10. The summed E-state index contributed by atoms with van der Waals surface area (Å²) < 4.78 is 11.1. The number of carboxylic acids is 1. The molecule has 11 heteroatoms. The number of ether oxygens (including phenoxy) is 2. The number of nitrogens with zero attached hydrogens (tertiary/aromatic N) is 4. The minimum atomic E-state index is -1.07. The number of aliphatic imine (C=N–C) groups is 1. The molecule has 3 rings (SSSR count). The Balaban J connectivity index is 1.90. The fourth-order valence-electron chi connectivity index (χ4n) is 2.90. The first-order valence-corrected chi connectivity index (χ1v) is 12.3. The van der Waals surface area contributed by atoms with Crippen molar-refractivity contribution < 1.29 is 24.2 Å². The number of amidine groups is 1. The van der Waals surface area contributed by atoms with Gasteiger partial charge in [-0.05, 0) is 62.2 Å². The number of aromatic nitrogens is 2. The van der Waals surface area contributed by atoms with Gasteiger partial charge in [0.1, 0.15) is 5.01 Å². The number of hydrogen-bond donors (Lipinski definition) is 1. The zero-order valence-electron chi connectivity index (χ0n) is 18.9. The Bertz CT molecular complexity index is 1080. The van der Waals surface area contributed by atoms with E-state index in [2.05, 4.69) is 15.2 Å². The van der Waals surface area contributed by atoms with Gasteiger partial charge < -0.3 is 14.6 Å². The van der Waals surface area contributed by atoms with Crippen molar-refractivity contribution in [3.63, 3.8) is 0 Å². The Morgan fingerprint density at radius 2 is 2.06 bits per heavy atom. The second kappa shape index (κ2) is 11.3. The number of carboxylic acid groups (broad SMARTS) is 1. The first-order chi connectivity index (χ1) is 15.9. The molecule has 9 nitrogen and oxygen atoms in total. The van der Waals surface area contributed by atoms with Gasteiger partial charge in [0.25, 0.3) is 5.91 Å². The summed E-state index contributed by atoms with van der Waals surface area (Å²) in [6.45, 7) is 8.22. The normalized spacial score (nSPS) is 17.1. The third-order valence-corrected chi connectivity index (χ3v) is 6.47. The van der Waals surface area contributed by atoms with Gasteiger partial charge in [-0.1, -0.05) is 31.3 Å². The number of hydrogen-bond acceptors (Lipinski definition) is 9. The first-order valence-electron chi connectivity index (χ1n) is 10.6. The molecular weight excluding hydrogens is 464 g/mol. The third-order valence-electron chi connectivity index (χ3n) is 4.50. The lowest BCUT2D eigenvalue weighted by atomic mass is 10.1. The van der Waals surface area contributed by atoms with Crippen LogP contribution in [-0.2, 0) is 16.0 Å². The van der Waals surface area contributed by atoms with Crippen LogP contribution in [0.1, 0.15) is 44.7 Å². The molecule has 0 radical (unpaired) electrons. The van der Waals surface area contributed by atoms with Gasteiger partial charge in [0.15, 0.2) is 22.8 Å². The van der Waals surface area contributed by atoms with Crippen molar-refractivity contribution in [1.29, 1.82) is 0 Å². The Morgan fingerprint density at radius 3 is 2.70 bits per heavy atom. The van der Waals surface area contributed by atoms with Gasteiger partial charge in [-0.2, -0.15) is 4.99 Å². The quantitative estimate of drug-likeness (QED) is 0.489. The van der Waals surface area contributed by atoms with Gasteiger partial charge in [-0.15, -0.1) is 10.2 Å². The molecule has 0 aliphatic carbocycles. The molecule has 1 saturated heterocycles. The number of aryl methyl sites for hydroxylation is 1. The van der Waals surface area contributed by atoms with E-state index in [0.717, 1.165) is 23.4 Å². The van der Waals surface area contributed by atoms with Gasteiger partial charge in [-0.25, -0.2) is 4.79 Å². The number of carbonyl (C=O) groups is 2. The van der Waals surface area contributed by atoms with E-state index in [1.807, 2.05) is 20.8 Å². The first kappa shape index (κ1) is 24.7. The van der Waals surface area contributed by atoms with Gasteiger partial charge >= 0.3 is 5.97 Å². The van der Waals surface area contributed by atoms with E-state index >= 15 is 0 Å². The fourth-order valence-corrected chi connectivity index (χ4v) is 4.61. The van der Waals surface area contributed by atoms with E-state index in [-0.39, 0.29) is 5.91 Å². The van der Waals surface area contributed by atoms with E-state index in [0.29, 0.717) is 39.9 Å². The number of thioether (sulfide) groups is 1. The molecular formula is C22H26N4O5S2. The summed E-state index contributed by atoms with van der Waals surface area (Å²) in [5, 5.41) is 19.3. The molecule has 1 fully saturated rings. The van der Waals surface area contributed by atoms with Crippen LogP contribution in [0.15, 0.2) is 28.1 Å². The average molecular weight is 491 g/mol. The fraction of sp³-hybridized carbons (Fsp3) is 0.409. The summed E-state index contributed by atoms with van der Waals surface area (Å²) in [7, 11) is 0.